The molecular weight excluding hydrogens is 262 g/mol. The monoisotopic (exact) mass is 277 g/mol. The Bertz CT molecular complexity index is 446. The smallest absolute Gasteiger partial charge is 0.243 e. The number of halogens is 1. The summed E-state index contributed by atoms with van der Waals surface area (Å²) in [7, 11) is -3.44. The van der Waals surface area contributed by atoms with E-state index in [1.54, 1.807) is 0 Å². The van der Waals surface area contributed by atoms with Crippen molar-refractivity contribution in [3.8, 4) is 0 Å². The molecule has 1 saturated carbocycles. The van der Waals surface area contributed by atoms with Crippen LogP contribution in [0.4, 0.5) is 0 Å². The first-order chi connectivity index (χ1) is 8.09. The Morgan fingerprint density at radius 3 is 2.88 bits per heavy atom. The number of hydrogen-bond donors (Lipinski definition) is 2. The van der Waals surface area contributed by atoms with Gasteiger partial charge in [0.15, 0.2) is 0 Å². The maximum atomic E-state index is 11.8. The first kappa shape index (κ1) is 12.9. The van der Waals surface area contributed by atoms with E-state index >= 15 is 0 Å². The van der Waals surface area contributed by atoms with Crippen LogP contribution in [0.2, 0.25) is 0 Å². The van der Waals surface area contributed by atoms with Crippen molar-refractivity contribution in [2.75, 3.05) is 6.54 Å². The van der Waals surface area contributed by atoms with E-state index in [0.29, 0.717) is 6.54 Å². The van der Waals surface area contributed by atoms with E-state index in [1.807, 2.05) is 0 Å². The number of sulfonamides is 1. The van der Waals surface area contributed by atoms with Crippen molar-refractivity contribution < 1.29 is 8.42 Å². The molecular formula is C10H16ClN3O2S. The van der Waals surface area contributed by atoms with Crippen molar-refractivity contribution in [3.63, 3.8) is 0 Å². The highest BCUT2D eigenvalue weighted by Crippen LogP contribution is 2.28. The molecule has 1 aromatic rings. The van der Waals surface area contributed by atoms with Gasteiger partial charge in [0.2, 0.25) is 10.0 Å². The van der Waals surface area contributed by atoms with Crippen molar-refractivity contribution in [1.82, 2.24) is 14.9 Å². The zero-order valence-corrected chi connectivity index (χ0v) is 11.0. The van der Waals surface area contributed by atoms with Gasteiger partial charge in [-0.15, -0.1) is 11.6 Å². The Labute approximate surface area is 106 Å². The lowest BCUT2D eigenvalue weighted by Crippen LogP contribution is -2.34. The van der Waals surface area contributed by atoms with E-state index < -0.39 is 10.0 Å². The highest BCUT2D eigenvalue weighted by Gasteiger charge is 2.25. The van der Waals surface area contributed by atoms with E-state index in [1.165, 1.54) is 12.4 Å². The summed E-state index contributed by atoms with van der Waals surface area (Å²) in [6, 6.07) is 0. The molecule has 7 heteroatoms. The van der Waals surface area contributed by atoms with Crippen LogP contribution in [0.5, 0.6) is 0 Å². The van der Waals surface area contributed by atoms with Crippen molar-refractivity contribution in [2.24, 2.45) is 5.92 Å². The Kier molecular flexibility index (Phi) is 4.06. The molecule has 0 bridgehead atoms. The van der Waals surface area contributed by atoms with Gasteiger partial charge in [-0.3, -0.25) is 5.10 Å². The normalized spacial score (nSPS) is 25.9. The predicted octanol–water partition coefficient (Wildman–Crippen LogP) is 1.49. The highest BCUT2D eigenvalue weighted by molar-refractivity contribution is 7.89. The minimum atomic E-state index is -3.44. The minimum absolute atomic E-state index is 0.0794. The van der Waals surface area contributed by atoms with E-state index in [-0.39, 0.29) is 16.2 Å². The van der Waals surface area contributed by atoms with Gasteiger partial charge in [0.05, 0.1) is 6.20 Å². The van der Waals surface area contributed by atoms with Gasteiger partial charge >= 0.3 is 0 Å². The number of hydrogen-bond acceptors (Lipinski definition) is 3. The van der Waals surface area contributed by atoms with Crippen molar-refractivity contribution in [2.45, 2.75) is 36.0 Å². The number of aromatic amines is 1. The molecule has 2 N–H and O–H groups in total. The molecule has 17 heavy (non-hydrogen) atoms. The van der Waals surface area contributed by atoms with Gasteiger partial charge in [-0.1, -0.05) is 12.8 Å². The molecule has 0 aromatic carbocycles. The van der Waals surface area contributed by atoms with Crippen molar-refractivity contribution in [3.05, 3.63) is 12.4 Å². The first-order valence-electron chi connectivity index (χ1n) is 5.72. The van der Waals surface area contributed by atoms with Crippen molar-refractivity contribution in [1.29, 1.82) is 0 Å². The van der Waals surface area contributed by atoms with Gasteiger partial charge < -0.3 is 0 Å². The number of rotatable bonds is 4. The Hall–Kier alpha value is -0.590. The van der Waals surface area contributed by atoms with Crippen molar-refractivity contribution >= 4 is 21.6 Å². The fourth-order valence-corrected chi connectivity index (χ4v) is 3.45. The summed E-state index contributed by atoms with van der Waals surface area (Å²) >= 11 is 6.18. The van der Waals surface area contributed by atoms with E-state index in [0.717, 1.165) is 25.7 Å². The molecule has 0 aliphatic heterocycles. The molecule has 0 amide bonds. The summed E-state index contributed by atoms with van der Waals surface area (Å²) in [5.41, 5.74) is 0. The van der Waals surface area contributed by atoms with Crippen LogP contribution in [0, 0.1) is 5.92 Å². The fraction of sp³-hybridized carbons (Fsp3) is 0.700. The van der Waals surface area contributed by atoms with E-state index in [4.69, 9.17) is 11.6 Å². The van der Waals surface area contributed by atoms with Crippen LogP contribution in [0.15, 0.2) is 17.3 Å². The van der Waals surface area contributed by atoms with Crippen LogP contribution < -0.4 is 4.72 Å². The second-order valence-electron chi connectivity index (χ2n) is 4.35. The molecule has 2 rings (SSSR count). The average molecular weight is 278 g/mol. The maximum absolute atomic E-state index is 11.8. The predicted molar refractivity (Wildman–Crippen MR) is 65.4 cm³/mol. The van der Waals surface area contributed by atoms with Crippen LogP contribution in [0.3, 0.4) is 0 Å². The zero-order valence-electron chi connectivity index (χ0n) is 9.39. The summed E-state index contributed by atoms with van der Waals surface area (Å²) in [5.74, 6) is 0.229. The molecule has 5 nitrogen and oxygen atoms in total. The quantitative estimate of drug-likeness (QED) is 0.819. The lowest BCUT2D eigenvalue weighted by Gasteiger charge is -2.26. The fourth-order valence-electron chi connectivity index (χ4n) is 2.08. The lowest BCUT2D eigenvalue weighted by molar-refractivity contribution is 0.364. The third-order valence-corrected chi connectivity index (χ3v) is 5.10. The second-order valence-corrected chi connectivity index (χ2v) is 6.67. The molecule has 1 fully saturated rings. The van der Waals surface area contributed by atoms with Crippen LogP contribution in [0.25, 0.3) is 0 Å². The van der Waals surface area contributed by atoms with Crippen LogP contribution >= 0.6 is 11.6 Å². The standard InChI is InChI=1S/C10H16ClN3O2S/c11-10-4-2-1-3-8(10)5-14-17(15,16)9-6-12-13-7-9/h6-8,10,14H,1-5H2,(H,12,13). The van der Waals surface area contributed by atoms with Gasteiger partial charge in [0.25, 0.3) is 0 Å². The number of H-pyrrole nitrogens is 1. The molecule has 0 saturated heterocycles. The van der Waals surface area contributed by atoms with Gasteiger partial charge in [0, 0.05) is 18.1 Å². The van der Waals surface area contributed by atoms with E-state index in [9.17, 15) is 8.42 Å². The first-order valence-corrected chi connectivity index (χ1v) is 7.64. The number of nitrogens with zero attached hydrogens (tertiary/aromatic N) is 1. The van der Waals surface area contributed by atoms with Gasteiger partial charge in [0.1, 0.15) is 4.90 Å². The number of nitrogens with one attached hydrogen (secondary N) is 2. The molecule has 96 valence electrons. The third-order valence-electron chi connectivity index (χ3n) is 3.14. The van der Waals surface area contributed by atoms with Gasteiger partial charge in [-0.2, -0.15) is 5.10 Å². The minimum Gasteiger partial charge on any atom is -0.284 e. The van der Waals surface area contributed by atoms with Crippen LogP contribution in [-0.2, 0) is 10.0 Å². The Morgan fingerprint density at radius 1 is 1.47 bits per heavy atom. The molecule has 1 heterocycles. The average Bonchev–Trinajstić information content (AvgIpc) is 2.82. The van der Waals surface area contributed by atoms with Crippen LogP contribution in [0.1, 0.15) is 25.7 Å². The summed E-state index contributed by atoms with van der Waals surface area (Å²) in [4.78, 5) is 0.166. The topological polar surface area (TPSA) is 74.8 Å². The SMILES string of the molecule is O=S(=O)(NCC1CCCCC1Cl)c1cn[nH]c1. The highest BCUT2D eigenvalue weighted by atomic mass is 35.5. The summed E-state index contributed by atoms with van der Waals surface area (Å²) < 4.78 is 26.2. The third kappa shape index (κ3) is 3.20. The number of aromatic nitrogens is 2. The Morgan fingerprint density at radius 2 is 2.24 bits per heavy atom. The second kappa shape index (κ2) is 5.37. The molecule has 2 atom stereocenters. The summed E-state index contributed by atoms with van der Waals surface area (Å²) in [6.45, 7) is 0.404. The van der Waals surface area contributed by atoms with Gasteiger partial charge in [-0.05, 0) is 18.8 Å². The molecule has 0 radical (unpaired) electrons. The summed E-state index contributed by atoms with van der Waals surface area (Å²) in [6.07, 6.45) is 6.88. The maximum Gasteiger partial charge on any atom is 0.243 e. The van der Waals surface area contributed by atoms with Crippen LogP contribution in [-0.4, -0.2) is 30.5 Å². The summed E-state index contributed by atoms with van der Waals surface area (Å²) in [5, 5.41) is 6.19. The Balaban J connectivity index is 1.93. The molecule has 1 aliphatic rings. The zero-order chi connectivity index (χ0) is 12.3. The molecule has 2 unspecified atom stereocenters. The largest absolute Gasteiger partial charge is 0.284 e. The number of alkyl halides is 1. The lowest BCUT2D eigenvalue weighted by atomic mass is 9.89. The molecule has 0 spiro atoms. The molecule has 1 aliphatic carbocycles. The van der Waals surface area contributed by atoms with Gasteiger partial charge in [-0.25, -0.2) is 13.1 Å². The van der Waals surface area contributed by atoms with E-state index in [2.05, 4.69) is 14.9 Å². The molecule has 1 aromatic heterocycles.